The second kappa shape index (κ2) is 5.46. The molecule has 7 heteroatoms. The molecule has 1 atom stereocenters. The van der Waals surface area contributed by atoms with Gasteiger partial charge in [-0.15, -0.1) is 0 Å². The molecule has 1 aromatic rings. The SMILES string of the molecule is O=C(Nc1cccc([N+](=O)[O-])c1)OC1CCNC1. The summed E-state index contributed by atoms with van der Waals surface area (Å²) in [5.74, 6) is 0. The summed E-state index contributed by atoms with van der Waals surface area (Å²) in [6, 6.07) is 5.72. The molecule has 1 saturated heterocycles. The van der Waals surface area contributed by atoms with E-state index in [1.165, 1.54) is 18.2 Å². The van der Waals surface area contributed by atoms with E-state index in [0.29, 0.717) is 12.2 Å². The van der Waals surface area contributed by atoms with Gasteiger partial charge in [0.1, 0.15) is 6.10 Å². The Morgan fingerprint density at radius 2 is 2.39 bits per heavy atom. The molecule has 1 aromatic carbocycles. The van der Waals surface area contributed by atoms with Crippen molar-refractivity contribution in [2.24, 2.45) is 0 Å². The van der Waals surface area contributed by atoms with E-state index in [2.05, 4.69) is 10.6 Å². The van der Waals surface area contributed by atoms with E-state index in [1.807, 2.05) is 0 Å². The van der Waals surface area contributed by atoms with Crippen LogP contribution in [-0.4, -0.2) is 30.2 Å². The predicted octanol–water partition coefficient (Wildman–Crippen LogP) is 1.51. The first-order valence-corrected chi connectivity index (χ1v) is 5.58. The monoisotopic (exact) mass is 251 g/mol. The van der Waals surface area contributed by atoms with Crippen LogP contribution in [0, 0.1) is 10.1 Å². The Morgan fingerprint density at radius 3 is 3.06 bits per heavy atom. The summed E-state index contributed by atoms with van der Waals surface area (Å²) in [7, 11) is 0. The number of nitrogens with zero attached hydrogens (tertiary/aromatic N) is 1. The highest BCUT2D eigenvalue weighted by Gasteiger charge is 2.19. The molecule has 96 valence electrons. The molecule has 1 unspecified atom stereocenters. The van der Waals surface area contributed by atoms with Gasteiger partial charge < -0.3 is 10.1 Å². The molecule has 1 amide bonds. The normalized spacial score (nSPS) is 18.3. The molecule has 2 N–H and O–H groups in total. The van der Waals surface area contributed by atoms with Crippen LogP contribution in [0.15, 0.2) is 24.3 Å². The Hall–Kier alpha value is -2.15. The van der Waals surface area contributed by atoms with Gasteiger partial charge in [-0.05, 0) is 19.0 Å². The van der Waals surface area contributed by atoms with Gasteiger partial charge in [-0.2, -0.15) is 0 Å². The van der Waals surface area contributed by atoms with Crippen LogP contribution in [0.1, 0.15) is 6.42 Å². The van der Waals surface area contributed by atoms with Gasteiger partial charge in [-0.3, -0.25) is 15.4 Å². The highest BCUT2D eigenvalue weighted by Crippen LogP contribution is 2.17. The number of amides is 1. The summed E-state index contributed by atoms with van der Waals surface area (Å²) >= 11 is 0. The lowest BCUT2D eigenvalue weighted by molar-refractivity contribution is -0.384. The summed E-state index contributed by atoms with van der Waals surface area (Å²) in [4.78, 5) is 21.6. The lowest BCUT2D eigenvalue weighted by Gasteiger charge is -2.11. The van der Waals surface area contributed by atoms with Crippen LogP contribution in [0.2, 0.25) is 0 Å². The summed E-state index contributed by atoms with van der Waals surface area (Å²) in [6.45, 7) is 1.47. The fraction of sp³-hybridized carbons (Fsp3) is 0.364. The van der Waals surface area contributed by atoms with Gasteiger partial charge in [-0.1, -0.05) is 6.07 Å². The van der Waals surface area contributed by atoms with Crippen molar-refractivity contribution in [2.45, 2.75) is 12.5 Å². The van der Waals surface area contributed by atoms with E-state index in [9.17, 15) is 14.9 Å². The van der Waals surface area contributed by atoms with Crippen LogP contribution >= 0.6 is 0 Å². The molecule has 1 heterocycles. The van der Waals surface area contributed by atoms with Crippen molar-refractivity contribution in [2.75, 3.05) is 18.4 Å². The third kappa shape index (κ3) is 3.17. The highest BCUT2D eigenvalue weighted by atomic mass is 16.6. The van der Waals surface area contributed by atoms with Gasteiger partial charge in [0.25, 0.3) is 5.69 Å². The van der Waals surface area contributed by atoms with Crippen LogP contribution in [-0.2, 0) is 4.74 Å². The number of carbonyl (C=O) groups excluding carboxylic acids is 1. The van der Waals surface area contributed by atoms with E-state index >= 15 is 0 Å². The number of benzene rings is 1. The van der Waals surface area contributed by atoms with Crippen molar-refractivity contribution >= 4 is 17.5 Å². The third-order valence-electron chi connectivity index (χ3n) is 2.59. The van der Waals surface area contributed by atoms with E-state index < -0.39 is 11.0 Å². The van der Waals surface area contributed by atoms with Crippen molar-refractivity contribution in [3.63, 3.8) is 0 Å². The first-order chi connectivity index (χ1) is 8.65. The zero-order chi connectivity index (χ0) is 13.0. The number of anilines is 1. The molecule has 0 bridgehead atoms. The van der Waals surface area contributed by atoms with E-state index in [-0.39, 0.29) is 11.8 Å². The number of hydrogen-bond acceptors (Lipinski definition) is 5. The summed E-state index contributed by atoms with van der Waals surface area (Å²) < 4.78 is 5.13. The second-order valence-corrected chi connectivity index (χ2v) is 3.95. The lowest BCUT2D eigenvalue weighted by Crippen LogP contribution is -2.24. The van der Waals surface area contributed by atoms with Crippen molar-refractivity contribution < 1.29 is 14.5 Å². The van der Waals surface area contributed by atoms with E-state index in [1.54, 1.807) is 6.07 Å². The van der Waals surface area contributed by atoms with E-state index in [4.69, 9.17) is 4.74 Å². The molecule has 1 aliphatic rings. The van der Waals surface area contributed by atoms with Gasteiger partial charge in [0.2, 0.25) is 0 Å². The zero-order valence-electron chi connectivity index (χ0n) is 9.59. The Balaban J connectivity index is 1.93. The maximum absolute atomic E-state index is 11.5. The average Bonchev–Trinajstić information content (AvgIpc) is 2.82. The van der Waals surface area contributed by atoms with Crippen LogP contribution in [0.3, 0.4) is 0 Å². The second-order valence-electron chi connectivity index (χ2n) is 3.95. The molecule has 7 nitrogen and oxygen atoms in total. The number of carbonyl (C=O) groups is 1. The largest absolute Gasteiger partial charge is 0.445 e. The molecule has 2 rings (SSSR count). The zero-order valence-corrected chi connectivity index (χ0v) is 9.59. The average molecular weight is 251 g/mol. The topological polar surface area (TPSA) is 93.5 Å². The molecule has 18 heavy (non-hydrogen) atoms. The smallest absolute Gasteiger partial charge is 0.411 e. The highest BCUT2D eigenvalue weighted by molar-refractivity contribution is 5.85. The molecular formula is C11H13N3O4. The van der Waals surface area contributed by atoms with Gasteiger partial charge >= 0.3 is 6.09 Å². The van der Waals surface area contributed by atoms with Crippen LogP contribution in [0.5, 0.6) is 0 Å². The number of non-ortho nitro benzene ring substituents is 1. The summed E-state index contributed by atoms with van der Waals surface area (Å²) in [5, 5.41) is 16.1. The van der Waals surface area contributed by atoms with Crippen molar-refractivity contribution in [1.82, 2.24) is 5.32 Å². The van der Waals surface area contributed by atoms with E-state index in [0.717, 1.165) is 13.0 Å². The number of nitro benzene ring substituents is 1. The fourth-order valence-electron chi connectivity index (χ4n) is 1.72. The van der Waals surface area contributed by atoms with Crippen molar-refractivity contribution in [3.05, 3.63) is 34.4 Å². The fourth-order valence-corrected chi connectivity index (χ4v) is 1.72. The standard InChI is InChI=1S/C11H13N3O4/c15-11(18-10-4-5-12-7-10)13-8-2-1-3-9(6-8)14(16)17/h1-3,6,10,12H,4-5,7H2,(H,13,15). The molecule has 0 spiro atoms. The Bertz CT molecular complexity index is 457. The number of rotatable bonds is 3. The molecule has 0 saturated carbocycles. The first kappa shape index (κ1) is 12.3. The Kier molecular flexibility index (Phi) is 3.73. The predicted molar refractivity (Wildman–Crippen MR) is 64.5 cm³/mol. The molecule has 1 fully saturated rings. The molecular weight excluding hydrogens is 238 g/mol. The van der Waals surface area contributed by atoms with Crippen molar-refractivity contribution in [3.8, 4) is 0 Å². The minimum atomic E-state index is -0.593. The maximum Gasteiger partial charge on any atom is 0.411 e. The Labute approximate surface area is 103 Å². The quantitative estimate of drug-likeness (QED) is 0.627. The summed E-state index contributed by atoms with van der Waals surface area (Å²) in [5.41, 5.74) is 0.274. The summed E-state index contributed by atoms with van der Waals surface area (Å²) in [6.07, 6.45) is 0.0513. The van der Waals surface area contributed by atoms with Crippen LogP contribution in [0.25, 0.3) is 0 Å². The number of hydrogen-bond donors (Lipinski definition) is 2. The third-order valence-corrected chi connectivity index (χ3v) is 2.59. The van der Waals surface area contributed by atoms with Gasteiger partial charge in [0.05, 0.1) is 10.6 Å². The molecule has 1 aliphatic heterocycles. The first-order valence-electron chi connectivity index (χ1n) is 5.58. The lowest BCUT2D eigenvalue weighted by atomic mass is 10.3. The number of nitrogens with one attached hydrogen (secondary N) is 2. The number of ether oxygens (including phenoxy) is 1. The van der Waals surface area contributed by atoms with Gasteiger partial charge in [-0.25, -0.2) is 4.79 Å². The van der Waals surface area contributed by atoms with Gasteiger partial charge in [0, 0.05) is 18.7 Å². The maximum atomic E-state index is 11.5. The van der Waals surface area contributed by atoms with Crippen LogP contribution in [0.4, 0.5) is 16.2 Å². The van der Waals surface area contributed by atoms with Crippen molar-refractivity contribution in [1.29, 1.82) is 0 Å². The molecule has 0 aromatic heterocycles. The van der Waals surface area contributed by atoms with Gasteiger partial charge in [0.15, 0.2) is 0 Å². The minimum absolute atomic E-state index is 0.0738. The number of nitro groups is 1. The van der Waals surface area contributed by atoms with Crippen LogP contribution < -0.4 is 10.6 Å². The molecule has 0 radical (unpaired) electrons. The Morgan fingerprint density at radius 1 is 1.56 bits per heavy atom. The minimum Gasteiger partial charge on any atom is -0.445 e. The molecule has 0 aliphatic carbocycles.